The van der Waals surface area contributed by atoms with Gasteiger partial charge in [0.05, 0.1) is 17.4 Å². The van der Waals surface area contributed by atoms with Crippen LogP contribution < -0.4 is 10.6 Å². The predicted molar refractivity (Wildman–Crippen MR) is 117 cm³/mol. The van der Waals surface area contributed by atoms with Crippen molar-refractivity contribution >= 4 is 17.7 Å². The minimum absolute atomic E-state index is 0.0845. The molecule has 0 aromatic heterocycles. The van der Waals surface area contributed by atoms with Gasteiger partial charge in [0.25, 0.3) is 0 Å². The zero-order valence-corrected chi connectivity index (χ0v) is 18.8. The average molecular weight is 444 g/mol. The quantitative estimate of drug-likeness (QED) is 0.527. The molecule has 1 spiro atoms. The van der Waals surface area contributed by atoms with Crippen molar-refractivity contribution in [1.29, 1.82) is 0 Å². The third kappa shape index (κ3) is 3.59. The summed E-state index contributed by atoms with van der Waals surface area (Å²) in [6.45, 7) is 4.91. The van der Waals surface area contributed by atoms with Gasteiger partial charge in [0.15, 0.2) is 0 Å². The topological polar surface area (TPSA) is 108 Å². The number of nitrogens with one attached hydrogen (secondary N) is 2. The van der Waals surface area contributed by atoms with Crippen molar-refractivity contribution in [2.75, 3.05) is 19.7 Å². The second-order valence-electron chi connectivity index (χ2n) is 9.33. The lowest BCUT2D eigenvalue weighted by Crippen LogP contribution is -2.55. The van der Waals surface area contributed by atoms with Crippen molar-refractivity contribution < 1.29 is 24.2 Å². The first-order valence-corrected chi connectivity index (χ1v) is 11.6. The van der Waals surface area contributed by atoms with E-state index in [0.717, 1.165) is 12.0 Å². The van der Waals surface area contributed by atoms with E-state index in [9.17, 15) is 19.5 Å². The van der Waals surface area contributed by atoms with E-state index in [1.165, 1.54) is 4.90 Å². The molecule has 1 aromatic carbocycles. The van der Waals surface area contributed by atoms with Gasteiger partial charge >= 0.3 is 0 Å². The lowest BCUT2D eigenvalue weighted by atomic mass is 9.66. The van der Waals surface area contributed by atoms with Crippen molar-refractivity contribution in [2.45, 2.75) is 63.3 Å². The first-order valence-electron chi connectivity index (χ1n) is 11.6. The Morgan fingerprint density at radius 1 is 1.19 bits per heavy atom. The third-order valence-corrected chi connectivity index (χ3v) is 7.22. The van der Waals surface area contributed by atoms with Crippen LogP contribution in [0, 0.1) is 11.8 Å². The smallest absolute Gasteiger partial charge is 0.246 e. The molecule has 3 amide bonds. The molecule has 0 saturated carbocycles. The van der Waals surface area contributed by atoms with Crippen LogP contribution in [0.3, 0.4) is 0 Å². The van der Waals surface area contributed by atoms with Gasteiger partial charge in [0, 0.05) is 26.2 Å². The monoisotopic (exact) mass is 443 g/mol. The number of fused-ring (bicyclic) bond motifs is 1. The first kappa shape index (κ1) is 22.7. The van der Waals surface area contributed by atoms with Gasteiger partial charge in [0.2, 0.25) is 17.7 Å². The van der Waals surface area contributed by atoms with Crippen molar-refractivity contribution in [1.82, 2.24) is 15.5 Å². The molecule has 3 aliphatic rings. The molecule has 3 N–H and O–H groups in total. The largest absolute Gasteiger partial charge is 0.396 e. The predicted octanol–water partition coefficient (Wildman–Crippen LogP) is 0.976. The minimum atomic E-state index is -1.02. The standard InChI is InChI=1S/C24H33N3O5/c1-3-12-25-20(29)17-18-22(31)27(13-7-14-28)19(24(18)11-10-23(17,2)32-24)21(30)26-15-16-8-5-4-6-9-16/h4-6,8-9,17-19,28H,3,7,10-15H2,1-2H3,(H,25,29)(H,26,30)/t17-,18-,19?,23+,24?/m0/s1. The number of hydrogen-bond donors (Lipinski definition) is 3. The number of ether oxygens (including phenoxy) is 1. The summed E-state index contributed by atoms with van der Waals surface area (Å²) in [6, 6.07) is 8.77. The summed E-state index contributed by atoms with van der Waals surface area (Å²) < 4.78 is 6.50. The van der Waals surface area contributed by atoms with Crippen molar-refractivity contribution in [3.05, 3.63) is 35.9 Å². The Morgan fingerprint density at radius 3 is 2.62 bits per heavy atom. The fourth-order valence-corrected chi connectivity index (χ4v) is 5.85. The van der Waals surface area contributed by atoms with E-state index in [-0.39, 0.29) is 30.9 Å². The van der Waals surface area contributed by atoms with Crippen molar-refractivity contribution in [3.63, 3.8) is 0 Å². The lowest BCUT2D eigenvalue weighted by molar-refractivity contribution is -0.146. The van der Waals surface area contributed by atoms with E-state index in [2.05, 4.69) is 10.6 Å². The molecule has 5 atom stereocenters. The van der Waals surface area contributed by atoms with Crippen LogP contribution in [0.5, 0.6) is 0 Å². The second kappa shape index (κ2) is 8.83. The van der Waals surface area contributed by atoms with Gasteiger partial charge in [-0.05, 0) is 38.2 Å². The van der Waals surface area contributed by atoms with E-state index in [4.69, 9.17) is 4.74 Å². The molecule has 8 nitrogen and oxygen atoms in total. The van der Waals surface area contributed by atoms with Crippen molar-refractivity contribution in [3.8, 4) is 0 Å². The molecule has 174 valence electrons. The summed E-state index contributed by atoms with van der Waals surface area (Å²) in [5.74, 6) is -2.00. The van der Waals surface area contributed by atoms with Gasteiger partial charge in [-0.15, -0.1) is 0 Å². The fourth-order valence-electron chi connectivity index (χ4n) is 5.85. The molecule has 2 unspecified atom stereocenters. The number of hydrogen-bond acceptors (Lipinski definition) is 5. The van der Waals surface area contributed by atoms with E-state index >= 15 is 0 Å². The summed E-state index contributed by atoms with van der Waals surface area (Å²) >= 11 is 0. The maximum atomic E-state index is 13.6. The molecule has 8 heteroatoms. The highest BCUT2D eigenvalue weighted by Gasteiger charge is 2.77. The number of likely N-dealkylation sites (tertiary alicyclic amines) is 1. The minimum Gasteiger partial charge on any atom is -0.396 e. The number of aliphatic hydroxyl groups excluding tert-OH is 1. The van der Waals surface area contributed by atoms with Gasteiger partial charge in [-0.3, -0.25) is 14.4 Å². The number of carbonyl (C=O) groups excluding carboxylic acids is 3. The normalized spacial score (nSPS) is 32.8. The zero-order chi connectivity index (χ0) is 22.9. The van der Waals surface area contributed by atoms with E-state index in [1.807, 2.05) is 44.2 Å². The summed E-state index contributed by atoms with van der Waals surface area (Å²) in [7, 11) is 0. The molecule has 2 bridgehead atoms. The zero-order valence-electron chi connectivity index (χ0n) is 18.8. The van der Waals surface area contributed by atoms with E-state index < -0.39 is 29.1 Å². The molecule has 0 radical (unpaired) electrons. The maximum Gasteiger partial charge on any atom is 0.246 e. The Hall–Kier alpha value is -2.45. The van der Waals surface area contributed by atoms with Gasteiger partial charge in [0.1, 0.15) is 11.6 Å². The molecule has 4 rings (SSSR count). The van der Waals surface area contributed by atoms with Crippen molar-refractivity contribution in [2.24, 2.45) is 11.8 Å². The van der Waals surface area contributed by atoms with Crippen LogP contribution in [0.4, 0.5) is 0 Å². The van der Waals surface area contributed by atoms with Gasteiger partial charge in [-0.1, -0.05) is 37.3 Å². The van der Waals surface area contributed by atoms with E-state index in [1.54, 1.807) is 0 Å². The van der Waals surface area contributed by atoms with Gasteiger partial charge < -0.3 is 25.4 Å². The lowest BCUT2D eigenvalue weighted by Gasteiger charge is -2.33. The Kier molecular flexibility index (Phi) is 6.27. The summed E-state index contributed by atoms with van der Waals surface area (Å²) in [4.78, 5) is 41.7. The molecular formula is C24H33N3O5. The van der Waals surface area contributed by atoms with Crippen LogP contribution in [-0.2, 0) is 25.7 Å². The van der Waals surface area contributed by atoms with Crippen LogP contribution in [0.25, 0.3) is 0 Å². The second-order valence-corrected chi connectivity index (χ2v) is 9.33. The van der Waals surface area contributed by atoms with Crippen LogP contribution in [0.1, 0.15) is 45.1 Å². The van der Waals surface area contributed by atoms with Crippen LogP contribution in [0.2, 0.25) is 0 Å². The van der Waals surface area contributed by atoms with Gasteiger partial charge in [-0.2, -0.15) is 0 Å². The summed E-state index contributed by atoms with van der Waals surface area (Å²) in [5, 5.41) is 15.3. The maximum absolute atomic E-state index is 13.6. The molecular weight excluding hydrogens is 410 g/mol. The summed E-state index contributed by atoms with van der Waals surface area (Å²) in [5.41, 5.74) is -0.823. The molecule has 3 heterocycles. The molecule has 3 fully saturated rings. The highest BCUT2D eigenvalue weighted by atomic mass is 16.5. The number of nitrogens with zero attached hydrogens (tertiary/aromatic N) is 1. The molecule has 3 aliphatic heterocycles. The molecule has 3 saturated heterocycles. The highest BCUT2D eigenvalue weighted by Crippen LogP contribution is 2.63. The van der Waals surface area contributed by atoms with E-state index in [0.29, 0.717) is 32.4 Å². The Labute approximate surface area is 188 Å². The average Bonchev–Trinajstić information content (AvgIpc) is 3.36. The van der Waals surface area contributed by atoms with Crippen LogP contribution in [-0.4, -0.2) is 64.7 Å². The number of rotatable bonds is 9. The Bertz CT molecular complexity index is 878. The molecule has 1 aromatic rings. The molecule has 32 heavy (non-hydrogen) atoms. The van der Waals surface area contributed by atoms with Gasteiger partial charge in [-0.25, -0.2) is 0 Å². The number of benzene rings is 1. The number of carbonyl (C=O) groups is 3. The Balaban J connectivity index is 1.63. The number of amides is 3. The molecule has 0 aliphatic carbocycles. The SMILES string of the molecule is CCCNC(=O)[C@@H]1[C@H]2C(=O)N(CCCO)C(C(=O)NCc3ccccc3)C23CC[C@@]1(C)O3. The highest BCUT2D eigenvalue weighted by molar-refractivity contribution is 5.99. The van der Waals surface area contributed by atoms with Crippen LogP contribution in [0.15, 0.2) is 30.3 Å². The first-order chi connectivity index (χ1) is 15.4. The summed E-state index contributed by atoms with van der Waals surface area (Å²) in [6.07, 6.45) is 2.34. The third-order valence-electron chi connectivity index (χ3n) is 7.22. The fraction of sp³-hybridized carbons (Fsp3) is 0.625. The van der Waals surface area contributed by atoms with Crippen LogP contribution >= 0.6 is 0 Å². The Morgan fingerprint density at radius 2 is 1.94 bits per heavy atom. The number of aliphatic hydroxyl groups is 1.